The Balaban J connectivity index is 1.80. The first-order valence-corrected chi connectivity index (χ1v) is 10.1. The summed E-state index contributed by atoms with van der Waals surface area (Å²) in [6, 6.07) is 11.2. The molecule has 2 aromatic rings. The zero-order valence-electron chi connectivity index (χ0n) is 17.2. The number of amides is 1. The van der Waals surface area contributed by atoms with Crippen LogP contribution in [0.15, 0.2) is 71.2 Å². The number of benzene rings is 1. The summed E-state index contributed by atoms with van der Waals surface area (Å²) in [6.45, 7) is 3.83. The van der Waals surface area contributed by atoms with Gasteiger partial charge >= 0.3 is 0 Å². The lowest BCUT2D eigenvalue weighted by atomic mass is 9.73. The number of anilines is 1. The molecule has 0 radical (unpaired) electrons. The smallest absolute Gasteiger partial charge is 0.269 e. The molecule has 8 nitrogen and oxygen atoms in total. The molecule has 1 aliphatic heterocycles. The van der Waals surface area contributed by atoms with Gasteiger partial charge in [-0.2, -0.15) is 0 Å². The van der Waals surface area contributed by atoms with Gasteiger partial charge in [-0.05, 0) is 37.0 Å². The third-order valence-corrected chi connectivity index (χ3v) is 5.62. The van der Waals surface area contributed by atoms with Crippen LogP contribution in [0.1, 0.15) is 38.2 Å². The number of dihydropyridines is 1. The molecule has 1 amide bonds. The second-order valence-corrected chi connectivity index (χ2v) is 7.94. The Morgan fingerprint density at radius 2 is 1.94 bits per heavy atom. The molecule has 2 aliphatic rings. The van der Waals surface area contributed by atoms with E-state index >= 15 is 0 Å². The molecule has 0 bridgehead atoms. The van der Waals surface area contributed by atoms with Gasteiger partial charge < -0.3 is 10.6 Å². The highest BCUT2D eigenvalue weighted by atomic mass is 16.6. The van der Waals surface area contributed by atoms with Crippen LogP contribution in [0.3, 0.4) is 0 Å². The molecule has 2 unspecified atom stereocenters. The largest absolute Gasteiger partial charge is 0.362 e. The van der Waals surface area contributed by atoms with Gasteiger partial charge in [0, 0.05) is 53.2 Å². The van der Waals surface area contributed by atoms with E-state index < -0.39 is 10.8 Å². The topological polar surface area (TPSA) is 114 Å². The molecule has 2 N–H and O–H groups in total. The molecule has 0 saturated heterocycles. The molecule has 0 fully saturated rings. The van der Waals surface area contributed by atoms with E-state index in [1.54, 1.807) is 43.5 Å². The molecule has 0 saturated carbocycles. The SMILES string of the molecule is CC1=C(C(=O)Nc2ccccn2)C(c2ccc([N+](=O)[O-])cc2)C2=C(CC(C)CC2=O)N1. The first-order valence-electron chi connectivity index (χ1n) is 10.1. The van der Waals surface area contributed by atoms with Crippen molar-refractivity contribution in [2.75, 3.05) is 5.32 Å². The van der Waals surface area contributed by atoms with Gasteiger partial charge in [0.1, 0.15) is 5.82 Å². The predicted molar refractivity (Wildman–Crippen MR) is 115 cm³/mol. The van der Waals surface area contributed by atoms with Crippen molar-refractivity contribution in [1.29, 1.82) is 0 Å². The Morgan fingerprint density at radius 1 is 1.19 bits per heavy atom. The number of hydrogen-bond donors (Lipinski definition) is 2. The van der Waals surface area contributed by atoms with Gasteiger partial charge in [-0.1, -0.05) is 25.1 Å². The number of ketones is 1. The number of pyridine rings is 1. The third-order valence-electron chi connectivity index (χ3n) is 5.62. The van der Waals surface area contributed by atoms with Crippen molar-refractivity contribution in [2.45, 2.75) is 32.6 Å². The van der Waals surface area contributed by atoms with E-state index in [0.717, 1.165) is 5.70 Å². The quantitative estimate of drug-likeness (QED) is 0.576. The summed E-state index contributed by atoms with van der Waals surface area (Å²) >= 11 is 0. The molecule has 4 rings (SSSR count). The number of carbonyl (C=O) groups is 2. The van der Waals surface area contributed by atoms with Gasteiger partial charge in [0.25, 0.3) is 11.6 Å². The van der Waals surface area contributed by atoms with Crippen LogP contribution in [0.2, 0.25) is 0 Å². The van der Waals surface area contributed by atoms with Gasteiger partial charge in [0.2, 0.25) is 0 Å². The highest BCUT2D eigenvalue weighted by Crippen LogP contribution is 2.43. The van der Waals surface area contributed by atoms with Crippen molar-refractivity contribution in [1.82, 2.24) is 10.3 Å². The van der Waals surface area contributed by atoms with Crippen molar-refractivity contribution in [2.24, 2.45) is 5.92 Å². The Labute approximate surface area is 179 Å². The van der Waals surface area contributed by atoms with Crippen LogP contribution in [0.25, 0.3) is 0 Å². The number of allylic oxidation sites excluding steroid dienone is 3. The average Bonchev–Trinajstić information content (AvgIpc) is 2.73. The summed E-state index contributed by atoms with van der Waals surface area (Å²) in [5, 5.41) is 17.2. The Bertz CT molecular complexity index is 1120. The normalized spacial score (nSPS) is 20.8. The fraction of sp³-hybridized carbons (Fsp3) is 0.261. The predicted octanol–water partition coefficient (Wildman–Crippen LogP) is 3.84. The van der Waals surface area contributed by atoms with E-state index in [1.165, 1.54) is 12.1 Å². The second-order valence-electron chi connectivity index (χ2n) is 7.94. The lowest BCUT2D eigenvalue weighted by molar-refractivity contribution is -0.384. The number of Topliss-reactive ketones (excluding diaryl/α,β-unsaturated/α-hetero) is 1. The van der Waals surface area contributed by atoms with Gasteiger partial charge in [0.15, 0.2) is 5.78 Å². The summed E-state index contributed by atoms with van der Waals surface area (Å²) < 4.78 is 0. The number of nitro benzene ring substituents is 1. The monoisotopic (exact) mass is 418 g/mol. The average molecular weight is 418 g/mol. The highest BCUT2D eigenvalue weighted by Gasteiger charge is 2.40. The highest BCUT2D eigenvalue weighted by molar-refractivity contribution is 6.09. The number of nitro groups is 1. The van der Waals surface area contributed by atoms with E-state index in [9.17, 15) is 19.7 Å². The van der Waals surface area contributed by atoms with E-state index in [4.69, 9.17) is 0 Å². The van der Waals surface area contributed by atoms with Crippen molar-refractivity contribution in [3.63, 3.8) is 0 Å². The minimum absolute atomic E-state index is 0.0137. The van der Waals surface area contributed by atoms with Crippen molar-refractivity contribution in [3.8, 4) is 0 Å². The van der Waals surface area contributed by atoms with Crippen LogP contribution in [-0.2, 0) is 9.59 Å². The van der Waals surface area contributed by atoms with Gasteiger partial charge in [-0.3, -0.25) is 19.7 Å². The summed E-state index contributed by atoms with van der Waals surface area (Å²) in [5.41, 5.74) is 3.05. The number of hydrogen-bond acceptors (Lipinski definition) is 6. The minimum Gasteiger partial charge on any atom is -0.362 e. The van der Waals surface area contributed by atoms with Crippen molar-refractivity contribution >= 4 is 23.2 Å². The number of rotatable bonds is 4. The number of non-ortho nitro benzene ring substituents is 1. The molecule has 2 atom stereocenters. The lowest BCUT2D eigenvalue weighted by Crippen LogP contribution is -2.37. The second kappa shape index (κ2) is 8.14. The third kappa shape index (κ3) is 3.96. The molecule has 1 aromatic carbocycles. The van der Waals surface area contributed by atoms with Gasteiger partial charge in [-0.15, -0.1) is 0 Å². The summed E-state index contributed by atoms with van der Waals surface area (Å²) in [7, 11) is 0. The lowest BCUT2D eigenvalue weighted by Gasteiger charge is -2.36. The van der Waals surface area contributed by atoms with Crippen LogP contribution < -0.4 is 10.6 Å². The minimum atomic E-state index is -0.610. The maximum Gasteiger partial charge on any atom is 0.269 e. The molecule has 1 aromatic heterocycles. The number of carbonyl (C=O) groups excluding carboxylic acids is 2. The zero-order chi connectivity index (χ0) is 22.1. The van der Waals surface area contributed by atoms with Crippen LogP contribution in [0.5, 0.6) is 0 Å². The molecule has 2 heterocycles. The van der Waals surface area contributed by atoms with E-state index in [1.807, 2.05) is 6.92 Å². The standard InChI is InChI=1S/C23H22N4O4/c1-13-11-17-22(18(28)12-13)21(15-6-8-16(9-7-15)27(30)31)20(14(2)25-17)23(29)26-19-5-3-4-10-24-19/h3-10,13,21,25H,11-12H2,1-2H3,(H,24,26,29). The van der Waals surface area contributed by atoms with E-state index in [-0.39, 0.29) is 23.3 Å². The van der Waals surface area contributed by atoms with Gasteiger partial charge in [-0.25, -0.2) is 4.98 Å². The van der Waals surface area contributed by atoms with E-state index in [2.05, 4.69) is 15.6 Å². The molecular weight excluding hydrogens is 396 g/mol. The summed E-state index contributed by atoms with van der Waals surface area (Å²) in [4.78, 5) is 41.1. The van der Waals surface area contributed by atoms with Crippen LogP contribution in [0.4, 0.5) is 11.5 Å². The first kappa shape index (κ1) is 20.5. The molecule has 8 heteroatoms. The van der Waals surface area contributed by atoms with Crippen molar-refractivity contribution in [3.05, 3.63) is 86.9 Å². The van der Waals surface area contributed by atoms with Crippen molar-refractivity contribution < 1.29 is 14.5 Å². The first-order chi connectivity index (χ1) is 14.8. The summed E-state index contributed by atoms with van der Waals surface area (Å²) in [5.74, 6) is -0.391. The molecule has 1 aliphatic carbocycles. The Morgan fingerprint density at radius 3 is 2.58 bits per heavy atom. The maximum absolute atomic E-state index is 13.3. The number of nitrogens with one attached hydrogen (secondary N) is 2. The fourth-order valence-corrected chi connectivity index (χ4v) is 4.28. The van der Waals surface area contributed by atoms with Crippen LogP contribution in [-0.4, -0.2) is 21.6 Å². The Hall–Kier alpha value is -3.81. The fourth-order valence-electron chi connectivity index (χ4n) is 4.28. The van der Waals surface area contributed by atoms with Crippen LogP contribution in [0, 0.1) is 16.0 Å². The Kier molecular flexibility index (Phi) is 5.37. The zero-order valence-corrected chi connectivity index (χ0v) is 17.2. The molecule has 31 heavy (non-hydrogen) atoms. The van der Waals surface area contributed by atoms with Gasteiger partial charge in [0.05, 0.1) is 4.92 Å². The molecular formula is C23H22N4O4. The summed E-state index contributed by atoms with van der Waals surface area (Å²) in [6.07, 6.45) is 2.69. The van der Waals surface area contributed by atoms with E-state index in [0.29, 0.717) is 41.1 Å². The maximum atomic E-state index is 13.3. The van der Waals surface area contributed by atoms with Crippen LogP contribution >= 0.6 is 0 Å². The molecule has 0 spiro atoms. The number of aromatic nitrogens is 1. The number of nitrogens with zero attached hydrogens (tertiary/aromatic N) is 2. The molecule has 158 valence electrons.